The van der Waals surface area contributed by atoms with Crippen LogP contribution in [0, 0.1) is 6.92 Å². The Kier molecular flexibility index (Phi) is 4.17. The maximum atomic E-state index is 8.93. The third-order valence-electron chi connectivity index (χ3n) is 2.39. The molecular formula is C12H18BrNO. The minimum Gasteiger partial charge on any atom is -0.396 e. The van der Waals surface area contributed by atoms with Gasteiger partial charge in [-0.25, -0.2) is 0 Å². The highest BCUT2D eigenvalue weighted by Crippen LogP contribution is 2.24. The molecule has 0 spiro atoms. The van der Waals surface area contributed by atoms with Crippen molar-refractivity contribution in [1.29, 1.82) is 0 Å². The van der Waals surface area contributed by atoms with Gasteiger partial charge >= 0.3 is 0 Å². The Morgan fingerprint density at radius 2 is 2.07 bits per heavy atom. The quantitative estimate of drug-likeness (QED) is 0.881. The molecule has 0 heterocycles. The summed E-state index contributed by atoms with van der Waals surface area (Å²) in [5, 5.41) is 12.3. The summed E-state index contributed by atoms with van der Waals surface area (Å²) in [6.45, 7) is 6.42. The minimum atomic E-state index is -0.0799. The van der Waals surface area contributed by atoms with E-state index in [1.54, 1.807) is 0 Å². The monoisotopic (exact) mass is 271 g/mol. The molecule has 0 aliphatic rings. The summed E-state index contributed by atoms with van der Waals surface area (Å²) in [6.07, 6.45) is 0.735. The summed E-state index contributed by atoms with van der Waals surface area (Å²) in [6, 6.07) is 6.19. The maximum Gasteiger partial charge on any atom is 0.0453 e. The van der Waals surface area contributed by atoms with Gasteiger partial charge in [0, 0.05) is 22.3 Å². The van der Waals surface area contributed by atoms with Gasteiger partial charge in [0.1, 0.15) is 0 Å². The lowest BCUT2D eigenvalue weighted by Crippen LogP contribution is -2.31. The predicted octanol–water partition coefficient (Wildman–Crippen LogP) is 3.33. The molecule has 2 N–H and O–H groups in total. The molecule has 0 aromatic heterocycles. The first kappa shape index (κ1) is 12.5. The normalized spacial score (nSPS) is 11.5. The van der Waals surface area contributed by atoms with Crippen LogP contribution in [0.15, 0.2) is 22.7 Å². The molecule has 0 aliphatic carbocycles. The first-order valence-corrected chi connectivity index (χ1v) is 5.89. The molecule has 2 nitrogen and oxygen atoms in total. The lowest BCUT2D eigenvalue weighted by Gasteiger charge is -2.27. The average molecular weight is 272 g/mol. The van der Waals surface area contributed by atoms with Crippen LogP contribution < -0.4 is 5.32 Å². The number of aliphatic hydroxyl groups is 1. The summed E-state index contributed by atoms with van der Waals surface area (Å²) in [5.74, 6) is 0. The third kappa shape index (κ3) is 3.84. The van der Waals surface area contributed by atoms with Crippen LogP contribution in [-0.2, 0) is 0 Å². The second kappa shape index (κ2) is 4.99. The Morgan fingerprint density at radius 3 is 2.60 bits per heavy atom. The van der Waals surface area contributed by atoms with Crippen molar-refractivity contribution in [3.8, 4) is 0 Å². The fourth-order valence-electron chi connectivity index (χ4n) is 1.40. The van der Waals surface area contributed by atoms with Gasteiger partial charge in [0.2, 0.25) is 0 Å². The molecule has 0 aliphatic heterocycles. The van der Waals surface area contributed by atoms with E-state index in [0.29, 0.717) is 0 Å². The summed E-state index contributed by atoms with van der Waals surface area (Å²) in [7, 11) is 0. The van der Waals surface area contributed by atoms with Crippen molar-refractivity contribution >= 4 is 21.6 Å². The molecule has 0 radical (unpaired) electrons. The van der Waals surface area contributed by atoms with Gasteiger partial charge in [0.15, 0.2) is 0 Å². The molecule has 0 fully saturated rings. The molecule has 0 atom stereocenters. The van der Waals surface area contributed by atoms with E-state index in [-0.39, 0.29) is 12.1 Å². The van der Waals surface area contributed by atoms with E-state index in [4.69, 9.17) is 5.11 Å². The SMILES string of the molecule is Cc1ccc(NC(C)(C)CCO)cc1Br. The fourth-order valence-corrected chi connectivity index (χ4v) is 1.78. The largest absolute Gasteiger partial charge is 0.396 e. The first-order chi connectivity index (χ1) is 6.94. The highest BCUT2D eigenvalue weighted by atomic mass is 79.9. The van der Waals surface area contributed by atoms with E-state index in [0.717, 1.165) is 16.6 Å². The van der Waals surface area contributed by atoms with Crippen LogP contribution in [0.25, 0.3) is 0 Å². The molecule has 0 bridgehead atoms. The van der Waals surface area contributed by atoms with Gasteiger partial charge in [-0.3, -0.25) is 0 Å². The van der Waals surface area contributed by atoms with Crippen LogP contribution in [0.5, 0.6) is 0 Å². The lowest BCUT2D eigenvalue weighted by atomic mass is 10.0. The van der Waals surface area contributed by atoms with Gasteiger partial charge in [-0.15, -0.1) is 0 Å². The maximum absolute atomic E-state index is 8.93. The Bertz CT molecular complexity index is 336. The zero-order chi connectivity index (χ0) is 11.5. The van der Waals surface area contributed by atoms with Crippen LogP contribution in [0.3, 0.4) is 0 Å². The predicted molar refractivity (Wildman–Crippen MR) is 68.3 cm³/mol. The van der Waals surface area contributed by atoms with Crippen LogP contribution in [0.2, 0.25) is 0 Å². The van der Waals surface area contributed by atoms with Crippen molar-refractivity contribution in [3.05, 3.63) is 28.2 Å². The molecule has 0 unspecified atom stereocenters. The van der Waals surface area contributed by atoms with Crippen LogP contribution in [0.4, 0.5) is 5.69 Å². The third-order valence-corrected chi connectivity index (χ3v) is 3.25. The number of hydrogen-bond acceptors (Lipinski definition) is 2. The Hall–Kier alpha value is -0.540. The molecule has 15 heavy (non-hydrogen) atoms. The fraction of sp³-hybridized carbons (Fsp3) is 0.500. The summed E-state index contributed by atoms with van der Waals surface area (Å²) >= 11 is 3.50. The zero-order valence-electron chi connectivity index (χ0n) is 9.47. The van der Waals surface area contributed by atoms with Crippen molar-refractivity contribution in [2.45, 2.75) is 32.7 Å². The van der Waals surface area contributed by atoms with E-state index in [1.807, 2.05) is 0 Å². The summed E-state index contributed by atoms with van der Waals surface area (Å²) < 4.78 is 1.10. The summed E-state index contributed by atoms with van der Waals surface area (Å²) in [4.78, 5) is 0. The van der Waals surface area contributed by atoms with Crippen LogP contribution in [0.1, 0.15) is 25.8 Å². The number of anilines is 1. The number of aryl methyl sites for hydroxylation is 1. The number of benzene rings is 1. The Labute approximate surface area is 99.8 Å². The molecular weight excluding hydrogens is 254 g/mol. The van der Waals surface area contributed by atoms with Gasteiger partial charge in [0.05, 0.1) is 0 Å². The second-order valence-corrected chi connectivity index (χ2v) is 5.30. The molecule has 84 valence electrons. The van der Waals surface area contributed by atoms with Crippen LogP contribution in [-0.4, -0.2) is 17.3 Å². The van der Waals surface area contributed by atoms with Gasteiger partial charge in [-0.1, -0.05) is 22.0 Å². The molecule has 1 rings (SSSR count). The average Bonchev–Trinajstić information content (AvgIpc) is 2.10. The molecule has 0 amide bonds. The van der Waals surface area contributed by atoms with Gasteiger partial charge in [-0.05, 0) is 44.9 Å². The number of aliphatic hydroxyl groups excluding tert-OH is 1. The van der Waals surface area contributed by atoms with Crippen molar-refractivity contribution in [1.82, 2.24) is 0 Å². The van der Waals surface area contributed by atoms with E-state index < -0.39 is 0 Å². The molecule has 3 heteroatoms. The smallest absolute Gasteiger partial charge is 0.0453 e. The van der Waals surface area contributed by atoms with E-state index in [9.17, 15) is 0 Å². The molecule has 1 aromatic rings. The number of nitrogens with one attached hydrogen (secondary N) is 1. The molecule has 0 saturated heterocycles. The van der Waals surface area contributed by atoms with E-state index in [1.165, 1.54) is 5.56 Å². The van der Waals surface area contributed by atoms with E-state index in [2.05, 4.69) is 60.2 Å². The summed E-state index contributed by atoms with van der Waals surface area (Å²) in [5.41, 5.74) is 2.22. The Morgan fingerprint density at radius 1 is 1.40 bits per heavy atom. The minimum absolute atomic E-state index is 0.0799. The molecule has 0 saturated carbocycles. The van der Waals surface area contributed by atoms with E-state index >= 15 is 0 Å². The van der Waals surface area contributed by atoms with Crippen molar-refractivity contribution in [3.63, 3.8) is 0 Å². The first-order valence-electron chi connectivity index (χ1n) is 5.10. The Balaban J connectivity index is 2.76. The molecule has 1 aromatic carbocycles. The van der Waals surface area contributed by atoms with Crippen molar-refractivity contribution < 1.29 is 5.11 Å². The van der Waals surface area contributed by atoms with Crippen molar-refractivity contribution in [2.24, 2.45) is 0 Å². The topological polar surface area (TPSA) is 32.3 Å². The highest BCUT2D eigenvalue weighted by molar-refractivity contribution is 9.10. The highest BCUT2D eigenvalue weighted by Gasteiger charge is 2.16. The van der Waals surface area contributed by atoms with Gasteiger partial charge < -0.3 is 10.4 Å². The van der Waals surface area contributed by atoms with Gasteiger partial charge in [-0.2, -0.15) is 0 Å². The van der Waals surface area contributed by atoms with Gasteiger partial charge in [0.25, 0.3) is 0 Å². The standard InChI is InChI=1S/C12H18BrNO/c1-9-4-5-10(8-11(9)13)14-12(2,3)6-7-15/h4-5,8,14-15H,6-7H2,1-3H3. The second-order valence-electron chi connectivity index (χ2n) is 4.45. The zero-order valence-corrected chi connectivity index (χ0v) is 11.1. The number of hydrogen-bond donors (Lipinski definition) is 2. The van der Waals surface area contributed by atoms with Crippen LogP contribution >= 0.6 is 15.9 Å². The lowest BCUT2D eigenvalue weighted by molar-refractivity contribution is 0.261. The van der Waals surface area contributed by atoms with Crippen molar-refractivity contribution in [2.75, 3.05) is 11.9 Å². The number of halogens is 1. The number of rotatable bonds is 4.